The SMILES string of the molecule is N.NC(=O)NOP(=O)(O)Oc1cccc2ccccc12. The van der Waals surface area contributed by atoms with Crippen LogP contribution in [0, 0.1) is 0 Å². The number of phosphoric acid groups is 1. The normalized spacial score (nSPS) is 13.1. The van der Waals surface area contributed by atoms with Crippen LogP contribution in [0.15, 0.2) is 42.5 Å². The third-order valence-corrected chi connectivity index (χ3v) is 2.97. The molecule has 0 spiro atoms. The second-order valence-corrected chi connectivity index (χ2v) is 4.90. The van der Waals surface area contributed by atoms with E-state index in [0.717, 1.165) is 5.39 Å². The minimum atomic E-state index is -4.48. The fourth-order valence-corrected chi connectivity index (χ4v) is 2.17. The number of hydrogen-bond donors (Lipinski definition) is 4. The van der Waals surface area contributed by atoms with Gasteiger partial charge in [-0.3, -0.25) is 4.89 Å². The number of benzene rings is 2. The number of hydroxylamine groups is 1. The van der Waals surface area contributed by atoms with E-state index in [4.69, 9.17) is 10.3 Å². The molecule has 0 fully saturated rings. The number of fused-ring (bicyclic) bond motifs is 1. The number of urea groups is 1. The first-order chi connectivity index (χ1) is 8.98. The Morgan fingerprint density at radius 1 is 1.20 bits per heavy atom. The maximum absolute atomic E-state index is 11.6. The summed E-state index contributed by atoms with van der Waals surface area (Å²) in [6.45, 7) is 0. The molecule has 0 saturated heterocycles. The first-order valence-corrected chi connectivity index (χ1v) is 6.72. The van der Waals surface area contributed by atoms with Crippen LogP contribution in [0.1, 0.15) is 0 Å². The summed E-state index contributed by atoms with van der Waals surface area (Å²) in [5.41, 5.74) is 6.28. The molecule has 1 atom stereocenters. The molecule has 0 aromatic heterocycles. The molecular formula is C11H14N3O5P. The standard InChI is InChI=1S/C11H11N2O5P.H3N/c12-11(14)13-18-19(15,16)17-10-7-3-5-8-4-1-2-6-9(8)10;/h1-7H,(H,15,16)(H3,12,13,14);1H3. The number of primary amides is 1. The number of carbonyl (C=O) groups is 1. The zero-order valence-corrected chi connectivity index (χ0v) is 11.2. The molecule has 20 heavy (non-hydrogen) atoms. The Labute approximate surface area is 114 Å². The molecule has 0 aliphatic rings. The Morgan fingerprint density at radius 2 is 1.85 bits per heavy atom. The van der Waals surface area contributed by atoms with E-state index in [1.807, 2.05) is 18.2 Å². The van der Waals surface area contributed by atoms with Gasteiger partial charge in [0.2, 0.25) is 0 Å². The van der Waals surface area contributed by atoms with Crippen molar-refractivity contribution < 1.29 is 23.4 Å². The van der Waals surface area contributed by atoms with Gasteiger partial charge < -0.3 is 16.4 Å². The smallest absolute Gasteiger partial charge is 0.402 e. The van der Waals surface area contributed by atoms with Gasteiger partial charge in [-0.05, 0) is 11.5 Å². The highest BCUT2D eigenvalue weighted by Gasteiger charge is 2.25. The van der Waals surface area contributed by atoms with Gasteiger partial charge in [0.15, 0.2) is 0 Å². The Bertz CT molecular complexity index is 658. The molecule has 0 aliphatic carbocycles. The van der Waals surface area contributed by atoms with Gasteiger partial charge >= 0.3 is 13.9 Å². The fourth-order valence-electron chi connectivity index (χ4n) is 1.52. The van der Waals surface area contributed by atoms with Crippen molar-refractivity contribution in [2.75, 3.05) is 0 Å². The van der Waals surface area contributed by atoms with Crippen LogP contribution in [0.2, 0.25) is 0 Å². The molecule has 9 heteroatoms. The maximum atomic E-state index is 11.6. The predicted molar refractivity (Wildman–Crippen MR) is 73.2 cm³/mol. The number of hydrogen-bond acceptors (Lipinski definition) is 5. The molecule has 2 aromatic carbocycles. The quantitative estimate of drug-likeness (QED) is 0.502. The third kappa shape index (κ3) is 3.94. The van der Waals surface area contributed by atoms with Crippen molar-refractivity contribution in [2.24, 2.45) is 5.73 Å². The van der Waals surface area contributed by atoms with E-state index in [1.54, 1.807) is 23.7 Å². The summed E-state index contributed by atoms with van der Waals surface area (Å²) < 4.78 is 20.7. The van der Waals surface area contributed by atoms with E-state index in [-0.39, 0.29) is 11.9 Å². The Morgan fingerprint density at radius 3 is 2.55 bits per heavy atom. The summed E-state index contributed by atoms with van der Waals surface area (Å²) in [4.78, 5) is 19.8. The van der Waals surface area contributed by atoms with E-state index in [0.29, 0.717) is 5.39 Å². The lowest BCUT2D eigenvalue weighted by molar-refractivity contribution is 0.140. The molecule has 108 valence electrons. The first-order valence-electron chi connectivity index (χ1n) is 5.22. The topological polar surface area (TPSA) is 146 Å². The summed E-state index contributed by atoms with van der Waals surface area (Å²) in [6.07, 6.45) is 0. The minimum Gasteiger partial charge on any atom is -0.402 e. The highest BCUT2D eigenvalue weighted by atomic mass is 31.2. The number of phosphoric ester groups is 1. The molecule has 0 aliphatic heterocycles. The van der Waals surface area contributed by atoms with Crippen LogP contribution < -0.4 is 21.9 Å². The van der Waals surface area contributed by atoms with E-state index in [2.05, 4.69) is 4.62 Å². The minimum absolute atomic E-state index is 0. The average Bonchev–Trinajstić information content (AvgIpc) is 2.37. The Kier molecular flexibility index (Phi) is 5.06. The Balaban J connectivity index is 0.00000200. The van der Waals surface area contributed by atoms with Crippen molar-refractivity contribution >= 4 is 24.6 Å². The highest BCUT2D eigenvalue weighted by Crippen LogP contribution is 2.44. The fraction of sp³-hybridized carbons (Fsp3) is 0. The third-order valence-electron chi connectivity index (χ3n) is 2.22. The second-order valence-electron chi connectivity index (χ2n) is 3.59. The van der Waals surface area contributed by atoms with E-state index >= 15 is 0 Å². The Hall–Kier alpha value is -2.12. The highest BCUT2D eigenvalue weighted by molar-refractivity contribution is 7.47. The van der Waals surface area contributed by atoms with Gasteiger partial charge in [0.05, 0.1) is 0 Å². The van der Waals surface area contributed by atoms with Gasteiger partial charge in [0.1, 0.15) is 5.75 Å². The van der Waals surface area contributed by atoms with Crippen molar-refractivity contribution in [2.45, 2.75) is 0 Å². The average molecular weight is 299 g/mol. The molecule has 0 radical (unpaired) electrons. The van der Waals surface area contributed by atoms with Gasteiger partial charge in [-0.1, -0.05) is 36.4 Å². The molecule has 2 rings (SSSR count). The summed E-state index contributed by atoms with van der Waals surface area (Å²) >= 11 is 0. The number of carbonyl (C=O) groups excluding carboxylic acids is 1. The zero-order chi connectivity index (χ0) is 13.9. The van der Waals surface area contributed by atoms with Gasteiger partial charge in [-0.2, -0.15) is 4.62 Å². The van der Waals surface area contributed by atoms with E-state index < -0.39 is 13.9 Å². The van der Waals surface area contributed by atoms with Crippen molar-refractivity contribution in [3.8, 4) is 5.75 Å². The summed E-state index contributed by atoms with van der Waals surface area (Å²) in [5.74, 6) is 0.162. The molecule has 8 nitrogen and oxygen atoms in total. The largest absolute Gasteiger partial charge is 0.549 e. The molecule has 0 bridgehead atoms. The van der Waals surface area contributed by atoms with Crippen molar-refractivity contribution in [3.63, 3.8) is 0 Å². The van der Waals surface area contributed by atoms with Gasteiger partial charge in [-0.15, -0.1) is 0 Å². The zero-order valence-electron chi connectivity index (χ0n) is 10.4. The summed E-state index contributed by atoms with van der Waals surface area (Å²) in [5, 5.41) is 1.48. The summed E-state index contributed by atoms with van der Waals surface area (Å²) in [7, 11) is -4.48. The predicted octanol–water partition coefficient (Wildman–Crippen LogP) is 2.08. The molecule has 2 amide bonds. The van der Waals surface area contributed by atoms with Crippen LogP contribution in [-0.4, -0.2) is 10.9 Å². The molecule has 0 saturated carbocycles. The summed E-state index contributed by atoms with van der Waals surface area (Å²) in [6, 6.07) is 11.1. The van der Waals surface area contributed by atoms with Crippen LogP contribution >= 0.6 is 7.82 Å². The lowest BCUT2D eigenvalue weighted by atomic mass is 10.1. The van der Waals surface area contributed by atoms with E-state index in [1.165, 1.54) is 6.07 Å². The van der Waals surface area contributed by atoms with Crippen LogP contribution in [0.3, 0.4) is 0 Å². The van der Waals surface area contributed by atoms with Crippen molar-refractivity contribution in [1.29, 1.82) is 0 Å². The number of amides is 2. The maximum Gasteiger partial charge on any atom is 0.549 e. The molecular weight excluding hydrogens is 285 g/mol. The van der Waals surface area contributed by atoms with Crippen LogP contribution in [-0.2, 0) is 9.19 Å². The van der Waals surface area contributed by atoms with E-state index in [9.17, 15) is 14.3 Å². The number of nitrogens with one attached hydrogen (secondary N) is 1. The molecule has 0 heterocycles. The second kappa shape index (κ2) is 6.36. The molecule has 2 aromatic rings. The molecule has 7 N–H and O–H groups in total. The first kappa shape index (κ1) is 15.9. The lowest BCUT2D eigenvalue weighted by Crippen LogP contribution is -2.29. The monoisotopic (exact) mass is 299 g/mol. The molecule has 1 unspecified atom stereocenters. The van der Waals surface area contributed by atoms with Gasteiger partial charge in [-0.25, -0.2) is 14.8 Å². The van der Waals surface area contributed by atoms with Gasteiger partial charge in [0, 0.05) is 5.39 Å². The van der Waals surface area contributed by atoms with Crippen LogP contribution in [0.25, 0.3) is 10.8 Å². The van der Waals surface area contributed by atoms with Crippen molar-refractivity contribution in [3.05, 3.63) is 42.5 Å². The number of rotatable bonds is 4. The van der Waals surface area contributed by atoms with Gasteiger partial charge in [0.25, 0.3) is 0 Å². The van der Waals surface area contributed by atoms with Crippen LogP contribution in [0.5, 0.6) is 5.75 Å². The van der Waals surface area contributed by atoms with Crippen LogP contribution in [0.4, 0.5) is 4.79 Å². The number of nitrogens with two attached hydrogens (primary N) is 1. The lowest BCUT2D eigenvalue weighted by Gasteiger charge is -2.13. The van der Waals surface area contributed by atoms with Crippen molar-refractivity contribution in [1.82, 2.24) is 11.6 Å².